The minimum absolute atomic E-state index is 0.213. The van der Waals surface area contributed by atoms with E-state index in [1.54, 1.807) is 0 Å². The van der Waals surface area contributed by atoms with Crippen LogP contribution < -0.4 is 0 Å². The maximum Gasteiger partial charge on any atom is 0.192 e. The Morgan fingerprint density at radius 3 is 1.97 bits per heavy atom. The minimum Gasteiger partial charge on any atom is -0.417 e. The molecule has 0 aromatic carbocycles. The smallest absolute Gasteiger partial charge is 0.192 e. The van der Waals surface area contributed by atoms with E-state index < -0.39 is 24.7 Å². The first-order valence-electron chi connectivity index (χ1n) is 12.6. The topological polar surface area (TPSA) is 18.5 Å². The van der Waals surface area contributed by atoms with E-state index in [1.165, 1.54) is 16.7 Å². The van der Waals surface area contributed by atoms with Crippen LogP contribution in [0.5, 0.6) is 0 Å². The van der Waals surface area contributed by atoms with E-state index in [0.29, 0.717) is 0 Å². The average Bonchev–Trinajstić information content (AvgIpc) is 2.56. The van der Waals surface area contributed by atoms with Crippen LogP contribution in [-0.2, 0) is 8.85 Å². The Labute approximate surface area is 204 Å². The summed E-state index contributed by atoms with van der Waals surface area (Å²) in [6.45, 7) is 35.9. The molecular weight excluding hydrogens is 441 g/mol. The van der Waals surface area contributed by atoms with Crippen molar-refractivity contribution in [3.05, 3.63) is 35.1 Å². The average molecular weight is 495 g/mol. The SMILES string of the molecule is C=C(CCCO[Si](C)(C)C(C)(C)C)C1=C[C@H](O[Si](C)(C)C(C)(C)C)CC/C1=C\[Si](C)(C)C. The van der Waals surface area contributed by atoms with Gasteiger partial charge in [0.25, 0.3) is 0 Å². The van der Waals surface area contributed by atoms with Crippen LogP contribution in [0.25, 0.3) is 0 Å². The van der Waals surface area contributed by atoms with E-state index in [9.17, 15) is 0 Å². The van der Waals surface area contributed by atoms with Gasteiger partial charge in [0, 0.05) is 6.61 Å². The van der Waals surface area contributed by atoms with Crippen LogP contribution in [0.1, 0.15) is 67.2 Å². The second-order valence-electron chi connectivity index (χ2n) is 13.9. The van der Waals surface area contributed by atoms with Crippen molar-refractivity contribution in [2.45, 2.75) is 129 Å². The Morgan fingerprint density at radius 2 is 1.50 bits per heavy atom. The molecule has 0 saturated heterocycles. The standard InChI is InChI=1S/C27H54O2Si3/c1-22(16-15-19-28-31(11,12)26(2,3)4)25-20-24(29-32(13,14)27(5,6)7)18-17-23(25)21-30(8,9)10/h20-21,24H,1,15-19H2,2-14H3/b23-21+/t24-/m1/s1. The summed E-state index contributed by atoms with van der Waals surface area (Å²) in [5, 5.41) is 0.491. The van der Waals surface area contributed by atoms with Gasteiger partial charge in [-0.3, -0.25) is 0 Å². The van der Waals surface area contributed by atoms with Gasteiger partial charge >= 0.3 is 0 Å². The molecule has 0 aromatic rings. The monoisotopic (exact) mass is 494 g/mol. The Hall–Kier alpha value is -0.209. The second kappa shape index (κ2) is 10.6. The Bertz CT molecular complexity index is 711. The normalized spacial score (nSPS) is 20.5. The molecule has 1 rings (SSSR count). The second-order valence-corrected chi connectivity index (χ2v) is 28.5. The van der Waals surface area contributed by atoms with Crippen LogP contribution in [0.2, 0.25) is 55.9 Å². The molecule has 0 unspecified atom stereocenters. The fourth-order valence-corrected chi connectivity index (χ4v) is 7.17. The van der Waals surface area contributed by atoms with Crippen molar-refractivity contribution in [2.75, 3.05) is 6.61 Å². The van der Waals surface area contributed by atoms with Crippen LogP contribution in [-0.4, -0.2) is 37.4 Å². The Balaban J connectivity index is 2.98. The number of hydrogen-bond donors (Lipinski definition) is 0. The van der Waals surface area contributed by atoms with Gasteiger partial charge in [0.1, 0.15) is 0 Å². The molecule has 2 nitrogen and oxygen atoms in total. The quantitative estimate of drug-likeness (QED) is 0.235. The molecule has 1 aliphatic rings. The predicted octanol–water partition coefficient (Wildman–Crippen LogP) is 9.26. The summed E-state index contributed by atoms with van der Waals surface area (Å²) in [5.41, 5.74) is 6.72. The molecule has 0 fully saturated rings. The molecule has 0 aromatic heterocycles. The minimum atomic E-state index is -1.80. The lowest BCUT2D eigenvalue weighted by Gasteiger charge is -2.40. The third kappa shape index (κ3) is 8.86. The van der Waals surface area contributed by atoms with Crippen LogP contribution in [0.3, 0.4) is 0 Å². The summed E-state index contributed by atoms with van der Waals surface area (Å²) in [6, 6.07) is 0. The molecule has 0 aliphatic heterocycles. The van der Waals surface area contributed by atoms with Crippen molar-refractivity contribution in [1.82, 2.24) is 0 Å². The fraction of sp³-hybridized carbons (Fsp3) is 0.778. The van der Waals surface area contributed by atoms with E-state index in [2.05, 4.69) is 106 Å². The predicted molar refractivity (Wildman–Crippen MR) is 152 cm³/mol. The van der Waals surface area contributed by atoms with E-state index in [0.717, 1.165) is 32.3 Å². The molecule has 1 atom stereocenters. The van der Waals surface area contributed by atoms with Gasteiger partial charge in [0.05, 0.1) is 14.2 Å². The summed E-state index contributed by atoms with van der Waals surface area (Å²) in [4.78, 5) is 0. The maximum atomic E-state index is 6.80. The van der Waals surface area contributed by atoms with Crippen molar-refractivity contribution in [3.8, 4) is 0 Å². The molecule has 0 radical (unpaired) electrons. The molecular formula is C27H54O2Si3. The van der Waals surface area contributed by atoms with E-state index in [4.69, 9.17) is 8.85 Å². The van der Waals surface area contributed by atoms with Gasteiger partial charge in [-0.25, -0.2) is 0 Å². The highest BCUT2D eigenvalue weighted by atomic mass is 28.4. The van der Waals surface area contributed by atoms with Gasteiger partial charge in [-0.15, -0.1) is 0 Å². The Kier molecular flexibility index (Phi) is 9.87. The molecule has 0 saturated carbocycles. The molecule has 0 N–H and O–H groups in total. The molecule has 0 spiro atoms. The van der Waals surface area contributed by atoms with Crippen molar-refractivity contribution in [3.63, 3.8) is 0 Å². The zero-order valence-electron chi connectivity index (χ0n) is 23.8. The first-order valence-corrected chi connectivity index (χ1v) is 22.0. The molecule has 186 valence electrons. The highest BCUT2D eigenvalue weighted by Crippen LogP contribution is 2.41. The van der Waals surface area contributed by atoms with E-state index >= 15 is 0 Å². The fourth-order valence-electron chi connectivity index (χ4n) is 3.44. The zero-order valence-corrected chi connectivity index (χ0v) is 26.8. The Morgan fingerprint density at radius 1 is 0.969 bits per heavy atom. The molecule has 0 heterocycles. The van der Waals surface area contributed by atoms with Crippen molar-refractivity contribution < 1.29 is 8.85 Å². The van der Waals surface area contributed by atoms with Crippen molar-refractivity contribution in [1.29, 1.82) is 0 Å². The number of allylic oxidation sites excluding steroid dienone is 3. The van der Waals surface area contributed by atoms with E-state index in [1.807, 2.05) is 0 Å². The lowest BCUT2D eigenvalue weighted by Crippen LogP contribution is -2.44. The van der Waals surface area contributed by atoms with Crippen LogP contribution in [0, 0.1) is 0 Å². The van der Waals surface area contributed by atoms with Gasteiger partial charge in [-0.05, 0) is 84.7 Å². The van der Waals surface area contributed by atoms with Gasteiger partial charge in [0.2, 0.25) is 0 Å². The highest BCUT2D eigenvalue weighted by molar-refractivity contribution is 6.81. The third-order valence-electron chi connectivity index (χ3n) is 7.53. The number of hydrogen-bond acceptors (Lipinski definition) is 2. The van der Waals surface area contributed by atoms with Crippen molar-refractivity contribution >= 4 is 24.7 Å². The van der Waals surface area contributed by atoms with Crippen LogP contribution in [0.15, 0.2) is 35.1 Å². The number of rotatable bonds is 9. The summed E-state index contributed by atoms with van der Waals surface area (Å²) in [6.07, 6.45) is 6.85. The third-order valence-corrected chi connectivity index (χ3v) is 17.8. The first-order chi connectivity index (χ1) is 14.2. The lowest BCUT2D eigenvalue weighted by molar-refractivity contribution is 0.211. The van der Waals surface area contributed by atoms with Gasteiger partial charge in [-0.2, -0.15) is 0 Å². The first kappa shape index (κ1) is 29.8. The molecule has 1 aliphatic carbocycles. The van der Waals surface area contributed by atoms with Crippen LogP contribution in [0.4, 0.5) is 0 Å². The summed E-state index contributed by atoms with van der Waals surface area (Å²) < 4.78 is 13.2. The summed E-state index contributed by atoms with van der Waals surface area (Å²) in [7, 11) is -4.79. The lowest BCUT2D eigenvalue weighted by atomic mass is 9.87. The molecule has 0 amide bonds. The molecule has 0 bridgehead atoms. The summed E-state index contributed by atoms with van der Waals surface area (Å²) >= 11 is 0. The molecule has 32 heavy (non-hydrogen) atoms. The van der Waals surface area contributed by atoms with Gasteiger partial charge < -0.3 is 8.85 Å². The maximum absolute atomic E-state index is 6.80. The van der Waals surface area contributed by atoms with Gasteiger partial charge in [0.15, 0.2) is 16.6 Å². The van der Waals surface area contributed by atoms with Gasteiger partial charge in [-0.1, -0.05) is 73.5 Å². The van der Waals surface area contributed by atoms with Crippen LogP contribution >= 0.6 is 0 Å². The largest absolute Gasteiger partial charge is 0.417 e. The van der Waals surface area contributed by atoms with Crippen molar-refractivity contribution in [2.24, 2.45) is 0 Å². The van der Waals surface area contributed by atoms with E-state index in [-0.39, 0.29) is 16.2 Å². The highest BCUT2D eigenvalue weighted by Gasteiger charge is 2.40. The summed E-state index contributed by atoms with van der Waals surface area (Å²) in [5.74, 6) is 0. The zero-order chi connectivity index (χ0) is 25.2. The molecule has 5 heteroatoms.